The van der Waals surface area contributed by atoms with Crippen molar-refractivity contribution in [2.45, 2.75) is 306 Å². The van der Waals surface area contributed by atoms with Gasteiger partial charge in [-0.25, -0.2) is 14.4 Å². The summed E-state index contributed by atoms with van der Waals surface area (Å²) in [4.78, 5) is 70.9. The van der Waals surface area contributed by atoms with Gasteiger partial charge in [0, 0.05) is 117 Å². The number of ether oxygens (including phenoxy) is 4. The molecule has 0 aliphatic heterocycles. The number of nitrogens with one attached hydrogen (secondary N) is 3. The fraction of sp³-hybridized carbons (Fsp3) is 0.930. The first-order chi connectivity index (χ1) is 46.6. The Hall–Kier alpha value is -2.96. The largest absolute Gasteiger partial charge is 0.500 e. The zero-order valence-electron chi connectivity index (χ0n) is 63.0. The SMILES string of the molecule is CCCCCCCCCCCCCCCCN(CCCCCCCCCCCCCCCC)C(=O)CCC(=O)OCC(COC(=O)NCCC[Si](OCC)(OCC)OCC)(COC(=O)NCCC[Si](OCC)(OCC)OCC)COC(=O)NCCC[Si](OCC)(OCC)OCC. The van der Waals surface area contributed by atoms with Crippen LogP contribution in [0, 0.1) is 5.41 Å². The predicted molar refractivity (Wildman–Crippen MR) is 388 cm³/mol. The summed E-state index contributed by atoms with van der Waals surface area (Å²) in [5.41, 5.74) is -1.64. The number of hydrogen-bond donors (Lipinski definition) is 3. The number of alkyl carbamates (subject to hydrolysis) is 3. The van der Waals surface area contributed by atoms with Crippen molar-refractivity contribution >= 4 is 56.6 Å². The Kier molecular flexibility index (Phi) is 62.2. The quantitative estimate of drug-likeness (QED) is 0.0222. The van der Waals surface area contributed by atoms with Crippen LogP contribution in [0.4, 0.5) is 14.4 Å². The molecule has 568 valence electrons. The molecule has 0 aliphatic rings. The van der Waals surface area contributed by atoms with Crippen LogP contribution < -0.4 is 16.0 Å². The molecule has 0 saturated heterocycles. The van der Waals surface area contributed by atoms with Gasteiger partial charge in [-0.2, -0.15) is 0 Å². The van der Waals surface area contributed by atoms with Crippen LogP contribution in [0.25, 0.3) is 0 Å². The average molecular weight is 1430 g/mol. The van der Waals surface area contributed by atoms with Gasteiger partial charge in [0.15, 0.2) is 0 Å². The second-order valence-electron chi connectivity index (χ2n) is 25.0. The fourth-order valence-electron chi connectivity index (χ4n) is 11.6. The van der Waals surface area contributed by atoms with E-state index in [2.05, 4.69) is 29.8 Å². The number of carbonyl (C=O) groups excluding carboxylic acids is 5. The number of rotatable bonds is 71. The normalized spacial score (nSPS) is 12.0. The number of nitrogens with zero attached hydrogens (tertiary/aromatic N) is 1. The molecule has 96 heavy (non-hydrogen) atoms. The molecular formula is C71H144N4O18Si3. The Morgan fingerprint density at radius 3 is 0.760 bits per heavy atom. The molecule has 0 bridgehead atoms. The van der Waals surface area contributed by atoms with Crippen molar-refractivity contribution < 1.29 is 82.8 Å². The van der Waals surface area contributed by atoms with Gasteiger partial charge in [0.25, 0.3) is 0 Å². The maximum Gasteiger partial charge on any atom is 0.500 e. The number of hydrogen-bond acceptors (Lipinski definition) is 18. The fourth-order valence-corrected chi connectivity index (χ4v) is 19.4. The molecular weight excluding hydrogens is 1280 g/mol. The Balaban J connectivity index is 6.60. The molecule has 0 saturated carbocycles. The van der Waals surface area contributed by atoms with Crippen LogP contribution in [-0.2, 0) is 68.4 Å². The van der Waals surface area contributed by atoms with E-state index in [4.69, 9.17) is 58.8 Å². The average Bonchev–Trinajstić information content (AvgIpc) is 0.990. The van der Waals surface area contributed by atoms with Crippen LogP contribution in [0.2, 0.25) is 18.1 Å². The summed E-state index contributed by atoms with van der Waals surface area (Å²) in [6, 6.07) is 1.31. The van der Waals surface area contributed by atoms with Gasteiger partial charge in [0.05, 0.1) is 6.42 Å². The number of amides is 4. The standard InChI is InChI=1S/C71H144N4O18Si3/c1-12-23-25-27-29-31-33-35-37-39-41-43-45-47-57-75(58-48-46-44-42-40-38-36-34-32-30-28-26-24-13-2)66(76)52-53-67(77)81-62-71(63-82-68(78)72-54-49-59-94(85-14-3,86-15-4)87-16-5,64-83-69(79)73-55-50-60-95(88-17-6,89-18-7)90-19-8)65-84-70(80)74-56-51-61-96(91-20-9,92-21-10)93-22-11/h12-65H2,1-11H3,(H,72,78)(H,73,79)(H,74,80). The summed E-state index contributed by atoms with van der Waals surface area (Å²) in [6.45, 7) is 24.7. The lowest BCUT2D eigenvalue weighted by Crippen LogP contribution is -2.47. The third-order valence-electron chi connectivity index (χ3n) is 16.6. The van der Waals surface area contributed by atoms with Crippen LogP contribution in [0.3, 0.4) is 0 Å². The molecule has 0 radical (unpaired) electrons. The van der Waals surface area contributed by atoms with Crippen molar-refractivity contribution in [1.82, 2.24) is 20.9 Å². The van der Waals surface area contributed by atoms with E-state index in [9.17, 15) is 24.0 Å². The summed E-state index contributed by atoms with van der Waals surface area (Å²) < 4.78 is 77.5. The second kappa shape index (κ2) is 64.2. The Labute approximate surface area is 587 Å². The Morgan fingerprint density at radius 1 is 0.292 bits per heavy atom. The molecule has 0 unspecified atom stereocenters. The third-order valence-corrected chi connectivity index (χ3v) is 26.0. The summed E-state index contributed by atoms with van der Waals surface area (Å²) in [5, 5.41) is 8.31. The van der Waals surface area contributed by atoms with E-state index in [0.29, 0.717) is 110 Å². The minimum absolute atomic E-state index is 0.0696. The first-order valence-electron chi connectivity index (χ1n) is 38.6. The lowest BCUT2D eigenvalue weighted by molar-refractivity contribution is -0.153. The Morgan fingerprint density at radius 2 is 0.521 bits per heavy atom. The van der Waals surface area contributed by atoms with E-state index < -0.39 is 82.5 Å². The van der Waals surface area contributed by atoms with Gasteiger partial charge in [-0.15, -0.1) is 0 Å². The van der Waals surface area contributed by atoms with Crippen molar-refractivity contribution in [3.05, 3.63) is 0 Å². The molecule has 0 fully saturated rings. The molecule has 0 spiro atoms. The highest BCUT2D eigenvalue weighted by atomic mass is 28.4. The topological polar surface area (TPSA) is 245 Å². The predicted octanol–water partition coefficient (Wildman–Crippen LogP) is 16.6. The smallest absolute Gasteiger partial charge is 0.465 e. The van der Waals surface area contributed by atoms with E-state index >= 15 is 0 Å². The molecule has 22 nitrogen and oxygen atoms in total. The van der Waals surface area contributed by atoms with Crippen LogP contribution >= 0.6 is 0 Å². The number of esters is 1. The van der Waals surface area contributed by atoms with Crippen molar-refractivity contribution in [3.8, 4) is 0 Å². The lowest BCUT2D eigenvalue weighted by atomic mass is 9.92. The first kappa shape index (κ1) is 93.0. The van der Waals surface area contributed by atoms with Crippen LogP contribution in [0.5, 0.6) is 0 Å². The van der Waals surface area contributed by atoms with Crippen molar-refractivity contribution in [3.63, 3.8) is 0 Å². The van der Waals surface area contributed by atoms with E-state index in [0.717, 1.165) is 38.5 Å². The van der Waals surface area contributed by atoms with Crippen LogP contribution in [0.15, 0.2) is 0 Å². The highest BCUT2D eigenvalue weighted by Crippen LogP contribution is 2.25. The van der Waals surface area contributed by atoms with E-state index in [1.54, 1.807) is 0 Å². The summed E-state index contributed by atoms with van der Waals surface area (Å²) in [6.07, 6.45) is 33.4. The monoisotopic (exact) mass is 1420 g/mol. The maximum atomic E-state index is 14.2. The van der Waals surface area contributed by atoms with Crippen molar-refractivity contribution in [1.29, 1.82) is 0 Å². The highest BCUT2D eigenvalue weighted by molar-refractivity contribution is 6.61. The molecule has 0 atom stereocenters. The molecule has 4 amide bonds. The number of unbranched alkanes of at least 4 members (excludes halogenated alkanes) is 26. The molecule has 0 aromatic rings. The van der Waals surface area contributed by atoms with Gasteiger partial charge < -0.3 is 79.6 Å². The zero-order valence-corrected chi connectivity index (χ0v) is 66.0. The van der Waals surface area contributed by atoms with E-state index in [1.807, 2.05) is 67.2 Å². The maximum absolute atomic E-state index is 14.2. The van der Waals surface area contributed by atoms with Crippen molar-refractivity contribution in [2.24, 2.45) is 5.41 Å². The van der Waals surface area contributed by atoms with E-state index in [1.165, 1.54) is 141 Å². The lowest BCUT2D eigenvalue weighted by Gasteiger charge is -2.32. The van der Waals surface area contributed by atoms with Gasteiger partial charge in [0.2, 0.25) is 5.91 Å². The highest BCUT2D eigenvalue weighted by Gasteiger charge is 2.43. The second-order valence-corrected chi connectivity index (χ2v) is 33.2. The van der Waals surface area contributed by atoms with Gasteiger partial charge in [-0.1, -0.05) is 181 Å². The summed E-state index contributed by atoms with van der Waals surface area (Å²) >= 11 is 0. The third kappa shape index (κ3) is 49.6. The minimum atomic E-state index is -3.01. The molecule has 3 N–H and O–H groups in total. The molecule has 25 heteroatoms. The zero-order chi connectivity index (χ0) is 71.0. The van der Waals surface area contributed by atoms with Gasteiger partial charge in [0.1, 0.15) is 31.8 Å². The Bertz CT molecular complexity index is 1650. The molecule has 0 heterocycles. The first-order valence-corrected chi connectivity index (χ1v) is 44.3. The van der Waals surface area contributed by atoms with Gasteiger partial charge in [-0.05, 0) is 94.4 Å². The molecule has 0 aromatic carbocycles. The molecule has 0 rings (SSSR count). The van der Waals surface area contributed by atoms with E-state index in [-0.39, 0.29) is 38.4 Å². The van der Waals surface area contributed by atoms with Crippen molar-refractivity contribution in [2.75, 3.05) is 119 Å². The molecule has 0 aliphatic carbocycles. The molecule has 0 aromatic heterocycles. The minimum Gasteiger partial charge on any atom is -0.465 e. The van der Waals surface area contributed by atoms with Crippen LogP contribution in [-0.4, -0.2) is 180 Å². The van der Waals surface area contributed by atoms with Gasteiger partial charge in [-0.3, -0.25) is 9.59 Å². The van der Waals surface area contributed by atoms with Gasteiger partial charge >= 0.3 is 50.7 Å². The number of carbonyl (C=O) groups is 5. The summed E-state index contributed by atoms with van der Waals surface area (Å²) in [7, 11) is -9.04. The van der Waals surface area contributed by atoms with Crippen LogP contribution in [0.1, 0.15) is 288 Å². The summed E-state index contributed by atoms with van der Waals surface area (Å²) in [5.74, 6) is -0.806.